The lowest BCUT2D eigenvalue weighted by atomic mass is 9.86. The molecule has 1 unspecified atom stereocenters. The first-order valence-corrected chi connectivity index (χ1v) is 17.9. The molecule has 226 valence electrons. The molecule has 1 aromatic rings. The highest BCUT2D eigenvalue weighted by Crippen LogP contribution is 2.46. The maximum Gasteiger partial charge on any atom is 0.408 e. The Hall–Kier alpha value is -3.41. The van der Waals surface area contributed by atoms with E-state index in [0.717, 1.165) is 18.4 Å². The van der Waals surface area contributed by atoms with Gasteiger partial charge in [-0.1, -0.05) is 70.7 Å². The zero-order chi connectivity index (χ0) is 30.6. The summed E-state index contributed by atoms with van der Waals surface area (Å²) in [6.07, 6.45) is 1.78. The molecule has 12 heteroatoms. The van der Waals surface area contributed by atoms with E-state index in [4.69, 9.17) is 10.5 Å². The Balaban J connectivity index is 1.68. The number of primary amides is 1. The average molecular weight is 588 g/mol. The van der Waals surface area contributed by atoms with Crippen LogP contribution in [0.1, 0.15) is 52.0 Å². The minimum Gasteiger partial charge on any atom is -0.445 e. The van der Waals surface area contributed by atoms with E-state index < -0.39 is 61.3 Å². The highest BCUT2D eigenvalue weighted by molar-refractivity contribution is 6.76. The number of rotatable bonds is 12. The van der Waals surface area contributed by atoms with Crippen LogP contribution < -0.4 is 27.0 Å². The van der Waals surface area contributed by atoms with Gasteiger partial charge < -0.3 is 31.7 Å². The Morgan fingerprint density at radius 2 is 1.63 bits per heavy atom. The third kappa shape index (κ3) is 9.58. The Morgan fingerprint density at radius 1 is 1.02 bits per heavy atom. The molecule has 6 N–H and O–H groups in total. The van der Waals surface area contributed by atoms with Crippen molar-refractivity contribution in [1.29, 1.82) is 0 Å². The summed E-state index contributed by atoms with van der Waals surface area (Å²) in [5, 5.41) is 11.1. The molecule has 41 heavy (non-hydrogen) atoms. The molecule has 4 atom stereocenters. The van der Waals surface area contributed by atoms with Crippen molar-refractivity contribution in [1.82, 2.24) is 21.3 Å². The summed E-state index contributed by atoms with van der Waals surface area (Å²) in [6.45, 7) is 11.6. The maximum atomic E-state index is 13.5. The van der Waals surface area contributed by atoms with Crippen LogP contribution in [0, 0.1) is 11.3 Å². The Kier molecular flexibility index (Phi) is 9.88. The Labute approximate surface area is 243 Å². The summed E-state index contributed by atoms with van der Waals surface area (Å²) in [5.74, 6) is -2.39. The van der Waals surface area contributed by atoms with E-state index in [0.29, 0.717) is 12.5 Å². The monoisotopic (exact) mass is 587 g/mol. The summed E-state index contributed by atoms with van der Waals surface area (Å²) in [7, 11) is -1.92. The highest BCUT2D eigenvalue weighted by Gasteiger charge is 2.52. The van der Waals surface area contributed by atoms with Crippen molar-refractivity contribution < 1.29 is 28.7 Å². The van der Waals surface area contributed by atoms with Crippen molar-refractivity contribution in [2.24, 2.45) is 17.1 Å². The van der Waals surface area contributed by atoms with Crippen LogP contribution >= 0.6 is 0 Å². The van der Waals surface area contributed by atoms with E-state index in [9.17, 15) is 24.0 Å². The summed E-state index contributed by atoms with van der Waals surface area (Å²) in [6, 6.07) is 6.53. The molecular formula is C29H45N5O6Si. The fourth-order valence-electron chi connectivity index (χ4n) is 5.09. The normalized spacial score (nSPS) is 19.9. The molecule has 1 aromatic carbocycles. The zero-order valence-corrected chi connectivity index (χ0v) is 26.0. The molecule has 2 fully saturated rings. The van der Waals surface area contributed by atoms with Crippen molar-refractivity contribution in [2.75, 3.05) is 0 Å². The summed E-state index contributed by atoms with van der Waals surface area (Å²) in [5.41, 5.74) is 5.55. The van der Waals surface area contributed by atoms with E-state index in [1.807, 2.05) is 30.3 Å². The molecule has 1 saturated carbocycles. The first kappa shape index (κ1) is 32.1. The number of amides is 5. The summed E-state index contributed by atoms with van der Waals surface area (Å²) < 4.78 is 5.32. The smallest absolute Gasteiger partial charge is 0.408 e. The molecule has 1 aliphatic heterocycles. The minimum atomic E-state index is -1.92. The van der Waals surface area contributed by atoms with Crippen molar-refractivity contribution in [3.05, 3.63) is 35.9 Å². The van der Waals surface area contributed by atoms with E-state index in [1.165, 1.54) is 0 Å². The van der Waals surface area contributed by atoms with E-state index in [1.54, 1.807) is 20.8 Å². The third-order valence-electron chi connectivity index (χ3n) is 7.48. The standard InChI is InChI=1S/C29H45N5O6Si/c1-28(2,3)22(33-27(39)40-16-18-10-8-7-9-11-18)26(38)32-21(17-41(4,5)6)25(37)31-20(23(30)35)14-19-15-29(12-13-29)34-24(19)36/h7-11,19-22H,12-17H2,1-6H3,(H2,30,35)(H,31,37)(H,32,38)(H,33,39)(H,34,36)/t19-,20+,21?,22-/m1/s1. The number of benzene rings is 1. The van der Waals surface area contributed by atoms with Crippen molar-refractivity contribution in [3.8, 4) is 0 Å². The van der Waals surface area contributed by atoms with E-state index in [-0.39, 0.29) is 24.5 Å². The summed E-state index contributed by atoms with van der Waals surface area (Å²) in [4.78, 5) is 64.4. The largest absolute Gasteiger partial charge is 0.445 e. The maximum absolute atomic E-state index is 13.5. The average Bonchev–Trinajstić information content (AvgIpc) is 3.54. The van der Waals surface area contributed by atoms with Crippen LogP contribution in [-0.2, 0) is 30.5 Å². The molecular weight excluding hydrogens is 542 g/mol. The predicted molar refractivity (Wildman–Crippen MR) is 157 cm³/mol. The first-order chi connectivity index (χ1) is 19.0. The van der Waals surface area contributed by atoms with E-state index in [2.05, 4.69) is 40.9 Å². The number of hydrogen-bond donors (Lipinski definition) is 5. The second-order valence-corrected chi connectivity index (χ2v) is 19.2. The summed E-state index contributed by atoms with van der Waals surface area (Å²) >= 11 is 0. The van der Waals surface area contributed by atoms with Crippen LogP contribution in [0.2, 0.25) is 25.7 Å². The Bertz CT molecular complexity index is 1140. The number of hydrogen-bond acceptors (Lipinski definition) is 6. The molecule has 0 aromatic heterocycles. The molecule has 0 radical (unpaired) electrons. The van der Waals surface area contributed by atoms with Crippen LogP contribution in [0.25, 0.3) is 0 Å². The molecule has 5 amide bonds. The molecule has 3 rings (SSSR count). The molecule has 1 spiro atoms. The minimum absolute atomic E-state index is 0.0421. The van der Waals surface area contributed by atoms with Crippen LogP contribution in [-0.4, -0.2) is 61.5 Å². The van der Waals surface area contributed by atoms with E-state index >= 15 is 0 Å². The van der Waals surface area contributed by atoms with Gasteiger partial charge in [0.15, 0.2) is 0 Å². The van der Waals surface area contributed by atoms with Gasteiger partial charge in [0, 0.05) is 19.5 Å². The van der Waals surface area contributed by atoms with Crippen molar-refractivity contribution >= 4 is 37.8 Å². The second kappa shape index (κ2) is 12.6. The lowest BCUT2D eigenvalue weighted by molar-refractivity contribution is -0.133. The van der Waals surface area contributed by atoms with Gasteiger partial charge in [0.25, 0.3) is 0 Å². The first-order valence-electron chi connectivity index (χ1n) is 14.2. The second-order valence-electron chi connectivity index (χ2n) is 13.7. The lowest BCUT2D eigenvalue weighted by Gasteiger charge is -2.33. The van der Waals surface area contributed by atoms with Gasteiger partial charge in [-0.2, -0.15) is 0 Å². The number of nitrogens with one attached hydrogen (secondary N) is 4. The van der Waals surface area contributed by atoms with Gasteiger partial charge in [-0.3, -0.25) is 19.2 Å². The number of carbonyl (C=O) groups excluding carboxylic acids is 5. The molecule has 1 aliphatic carbocycles. The number of ether oxygens (including phenoxy) is 1. The van der Waals surface area contributed by atoms with Gasteiger partial charge in [0.2, 0.25) is 23.6 Å². The number of alkyl carbamates (subject to hydrolysis) is 1. The fraction of sp³-hybridized carbons (Fsp3) is 0.621. The molecule has 1 saturated heterocycles. The van der Waals surface area contributed by atoms with Crippen molar-refractivity contribution in [3.63, 3.8) is 0 Å². The van der Waals surface area contributed by atoms with Gasteiger partial charge >= 0.3 is 6.09 Å². The van der Waals surface area contributed by atoms with Gasteiger partial charge in [-0.25, -0.2) is 4.79 Å². The fourth-order valence-corrected chi connectivity index (χ4v) is 6.60. The highest BCUT2D eigenvalue weighted by atomic mass is 28.3. The van der Waals surface area contributed by atoms with Gasteiger partial charge in [0.1, 0.15) is 24.7 Å². The lowest BCUT2D eigenvalue weighted by Crippen LogP contribution is -2.60. The zero-order valence-electron chi connectivity index (χ0n) is 25.0. The topological polar surface area (TPSA) is 169 Å². The number of nitrogens with two attached hydrogens (primary N) is 1. The third-order valence-corrected chi connectivity index (χ3v) is 9.12. The predicted octanol–water partition coefficient (Wildman–Crippen LogP) is 2.18. The van der Waals surface area contributed by atoms with Crippen LogP contribution in [0.5, 0.6) is 0 Å². The quantitative estimate of drug-likeness (QED) is 0.235. The molecule has 0 bridgehead atoms. The van der Waals surface area contributed by atoms with Crippen LogP contribution in [0.15, 0.2) is 30.3 Å². The van der Waals surface area contributed by atoms with Gasteiger partial charge in [-0.15, -0.1) is 0 Å². The molecule has 2 aliphatic rings. The van der Waals surface area contributed by atoms with Crippen molar-refractivity contribution in [2.45, 2.75) is 102 Å². The van der Waals surface area contributed by atoms with Gasteiger partial charge in [-0.05, 0) is 42.7 Å². The Morgan fingerprint density at radius 3 is 2.15 bits per heavy atom. The SMILES string of the molecule is CC(C)(C)[C@H](NC(=O)OCc1ccccc1)C(=O)NC(C[Si](C)(C)C)C(=O)N[C@@H](C[C@@H]1CC2(CC2)NC1=O)C(N)=O. The van der Waals surface area contributed by atoms with Gasteiger partial charge in [0.05, 0.1) is 0 Å². The van der Waals surface area contributed by atoms with Crippen LogP contribution in [0.3, 0.4) is 0 Å². The molecule has 11 nitrogen and oxygen atoms in total. The number of carbonyl (C=O) groups is 5. The van der Waals surface area contributed by atoms with Crippen LogP contribution in [0.4, 0.5) is 4.79 Å². The molecule has 1 heterocycles.